The molecule has 0 aliphatic carbocycles. The Kier molecular flexibility index (Phi) is 5.45. The van der Waals surface area contributed by atoms with Gasteiger partial charge >= 0.3 is 0 Å². The topological polar surface area (TPSA) is 67.2 Å². The second-order valence-corrected chi connectivity index (χ2v) is 7.09. The second kappa shape index (κ2) is 7.58. The molecule has 0 radical (unpaired) electrons. The van der Waals surface area contributed by atoms with Gasteiger partial charge in [0.15, 0.2) is 0 Å². The average molecular weight is 362 g/mol. The molecule has 1 amide bonds. The van der Waals surface area contributed by atoms with E-state index in [9.17, 15) is 4.79 Å². The van der Waals surface area contributed by atoms with Gasteiger partial charge in [-0.25, -0.2) is 4.98 Å². The van der Waals surface area contributed by atoms with Gasteiger partial charge in [-0.05, 0) is 56.2 Å². The summed E-state index contributed by atoms with van der Waals surface area (Å²) in [4.78, 5) is 16.6. The predicted octanol–water partition coefficient (Wildman–Crippen LogP) is 3.93. The first kappa shape index (κ1) is 18.0. The fourth-order valence-corrected chi connectivity index (χ4v) is 4.10. The Hall–Kier alpha value is -1.85. The van der Waals surface area contributed by atoms with E-state index in [0.717, 1.165) is 29.7 Å². The molecule has 5 nitrogen and oxygen atoms in total. The molecule has 1 aromatic heterocycles. The lowest BCUT2D eigenvalue weighted by Crippen LogP contribution is -2.39. The first-order chi connectivity index (χ1) is 11.7. The number of hydrogen-bond donors (Lipinski definition) is 2. The van der Waals surface area contributed by atoms with E-state index in [2.05, 4.69) is 15.6 Å². The summed E-state index contributed by atoms with van der Waals surface area (Å²) in [7, 11) is 0. The van der Waals surface area contributed by atoms with Crippen molar-refractivity contribution in [2.75, 3.05) is 5.32 Å². The van der Waals surface area contributed by atoms with Gasteiger partial charge in [0.2, 0.25) is 11.8 Å². The van der Waals surface area contributed by atoms with Crippen molar-refractivity contribution in [3.63, 3.8) is 0 Å². The number of hydrogen-bond acceptors (Lipinski definition) is 4. The van der Waals surface area contributed by atoms with Gasteiger partial charge in [-0.15, -0.1) is 12.4 Å². The van der Waals surface area contributed by atoms with Crippen LogP contribution < -0.4 is 10.6 Å². The molecule has 0 saturated carbocycles. The molecular weight excluding hydrogens is 338 g/mol. The van der Waals surface area contributed by atoms with Crippen LogP contribution in [0.15, 0.2) is 35.1 Å². The van der Waals surface area contributed by atoms with Crippen LogP contribution in [0.5, 0.6) is 0 Å². The minimum atomic E-state index is 0. The summed E-state index contributed by atoms with van der Waals surface area (Å²) >= 11 is 0. The standard InChI is InChI=1S/C19H23N3O2.ClH/c1-12-2-3-16(11-17(12)19-20-6-7-24-19)22-18(23)10-13-8-14-4-5-15(9-13)21-14;/h2-3,6-7,11,13-15,21H,4-5,8-10H2,1H3,(H,22,23);1H. The summed E-state index contributed by atoms with van der Waals surface area (Å²) in [5.74, 6) is 1.18. The third-order valence-corrected chi connectivity index (χ3v) is 5.23. The van der Waals surface area contributed by atoms with Crippen LogP contribution in [-0.2, 0) is 4.79 Å². The fourth-order valence-electron chi connectivity index (χ4n) is 4.10. The normalized spacial score (nSPS) is 24.6. The molecule has 25 heavy (non-hydrogen) atoms. The Bertz CT molecular complexity index is 720. The highest BCUT2D eigenvalue weighted by molar-refractivity contribution is 5.91. The van der Waals surface area contributed by atoms with E-state index in [0.29, 0.717) is 30.3 Å². The van der Waals surface area contributed by atoms with Crippen LogP contribution in [0, 0.1) is 12.8 Å². The van der Waals surface area contributed by atoms with Crippen molar-refractivity contribution in [2.24, 2.45) is 5.92 Å². The molecule has 2 saturated heterocycles. The number of rotatable bonds is 4. The number of anilines is 1. The lowest BCUT2D eigenvalue weighted by Gasteiger charge is -2.28. The molecule has 2 bridgehead atoms. The first-order valence-corrected chi connectivity index (χ1v) is 8.74. The van der Waals surface area contributed by atoms with Crippen molar-refractivity contribution < 1.29 is 9.21 Å². The van der Waals surface area contributed by atoms with Gasteiger partial charge < -0.3 is 15.1 Å². The zero-order valence-electron chi connectivity index (χ0n) is 14.3. The van der Waals surface area contributed by atoms with Crippen LogP contribution in [0.3, 0.4) is 0 Å². The number of aromatic nitrogens is 1. The number of aryl methyl sites for hydroxylation is 1. The van der Waals surface area contributed by atoms with E-state index < -0.39 is 0 Å². The molecule has 134 valence electrons. The summed E-state index contributed by atoms with van der Waals surface area (Å²) in [5.41, 5.74) is 2.79. The quantitative estimate of drug-likeness (QED) is 0.865. The first-order valence-electron chi connectivity index (χ1n) is 8.74. The molecule has 6 heteroatoms. The summed E-state index contributed by atoms with van der Waals surface area (Å²) in [5, 5.41) is 6.66. The maximum atomic E-state index is 12.4. The van der Waals surface area contributed by atoms with Gasteiger partial charge in [0.25, 0.3) is 0 Å². The van der Waals surface area contributed by atoms with Crippen molar-refractivity contribution in [1.29, 1.82) is 0 Å². The summed E-state index contributed by atoms with van der Waals surface area (Å²) in [6.45, 7) is 2.01. The molecular formula is C19H24ClN3O2. The molecule has 2 atom stereocenters. The predicted molar refractivity (Wildman–Crippen MR) is 99.8 cm³/mol. The van der Waals surface area contributed by atoms with Crippen LogP contribution in [0.1, 0.15) is 37.7 Å². The van der Waals surface area contributed by atoms with E-state index in [1.54, 1.807) is 12.5 Å². The van der Waals surface area contributed by atoms with Crippen molar-refractivity contribution in [1.82, 2.24) is 10.3 Å². The number of amides is 1. The molecule has 4 rings (SSSR count). The minimum absolute atomic E-state index is 0. The molecule has 1 aromatic carbocycles. The third-order valence-electron chi connectivity index (χ3n) is 5.23. The molecule has 2 N–H and O–H groups in total. The van der Waals surface area contributed by atoms with Gasteiger partial charge in [0.05, 0.1) is 6.20 Å². The Morgan fingerprint density at radius 1 is 1.32 bits per heavy atom. The summed E-state index contributed by atoms with van der Waals surface area (Å²) in [6.07, 6.45) is 8.58. The fraction of sp³-hybridized carbons (Fsp3) is 0.474. The van der Waals surface area contributed by atoms with Gasteiger partial charge in [-0.1, -0.05) is 6.07 Å². The number of piperidine rings is 1. The monoisotopic (exact) mass is 361 g/mol. The maximum absolute atomic E-state index is 12.4. The van der Waals surface area contributed by atoms with Gasteiger partial charge in [-0.3, -0.25) is 4.79 Å². The van der Waals surface area contributed by atoms with Crippen molar-refractivity contribution in [2.45, 2.75) is 51.1 Å². The Morgan fingerprint density at radius 2 is 2.08 bits per heavy atom. The maximum Gasteiger partial charge on any atom is 0.226 e. The largest absolute Gasteiger partial charge is 0.445 e. The number of oxazole rings is 1. The SMILES string of the molecule is Cc1ccc(NC(=O)CC2CC3CCC(C2)N3)cc1-c1ncco1.Cl. The molecule has 2 aromatic rings. The van der Waals surface area contributed by atoms with Crippen LogP contribution in [0.4, 0.5) is 5.69 Å². The van der Waals surface area contributed by atoms with E-state index in [1.807, 2.05) is 25.1 Å². The number of carbonyl (C=O) groups excluding carboxylic acids is 1. The van der Waals surface area contributed by atoms with Crippen LogP contribution >= 0.6 is 12.4 Å². The molecule has 0 spiro atoms. The van der Waals surface area contributed by atoms with Crippen molar-refractivity contribution in [3.05, 3.63) is 36.2 Å². The summed E-state index contributed by atoms with van der Waals surface area (Å²) in [6, 6.07) is 7.10. The van der Waals surface area contributed by atoms with Crippen LogP contribution in [0.2, 0.25) is 0 Å². The second-order valence-electron chi connectivity index (χ2n) is 7.09. The van der Waals surface area contributed by atoms with Crippen molar-refractivity contribution in [3.8, 4) is 11.5 Å². The highest BCUT2D eigenvalue weighted by Crippen LogP contribution is 2.33. The lowest BCUT2D eigenvalue weighted by atomic mass is 9.89. The molecule has 3 heterocycles. The minimum Gasteiger partial charge on any atom is -0.445 e. The summed E-state index contributed by atoms with van der Waals surface area (Å²) < 4.78 is 5.38. The molecule has 2 fully saturated rings. The van der Waals surface area contributed by atoms with E-state index in [-0.39, 0.29) is 18.3 Å². The Balaban J connectivity index is 0.00000182. The number of nitrogens with one attached hydrogen (secondary N) is 2. The number of nitrogens with zero attached hydrogens (tertiary/aromatic N) is 1. The Labute approximate surface area is 154 Å². The number of halogens is 1. The Morgan fingerprint density at radius 3 is 2.76 bits per heavy atom. The van der Waals surface area contributed by atoms with E-state index >= 15 is 0 Å². The zero-order valence-corrected chi connectivity index (χ0v) is 15.1. The smallest absolute Gasteiger partial charge is 0.226 e. The molecule has 2 aliphatic heterocycles. The third kappa shape index (κ3) is 4.05. The van der Waals surface area contributed by atoms with Gasteiger partial charge in [0, 0.05) is 29.8 Å². The highest BCUT2D eigenvalue weighted by atomic mass is 35.5. The number of fused-ring (bicyclic) bond motifs is 2. The van der Waals surface area contributed by atoms with Gasteiger partial charge in [-0.2, -0.15) is 0 Å². The average Bonchev–Trinajstić information content (AvgIpc) is 3.19. The lowest BCUT2D eigenvalue weighted by molar-refractivity contribution is -0.117. The van der Waals surface area contributed by atoms with Crippen molar-refractivity contribution >= 4 is 24.0 Å². The van der Waals surface area contributed by atoms with Crippen LogP contribution in [0.25, 0.3) is 11.5 Å². The van der Waals surface area contributed by atoms with Crippen LogP contribution in [-0.4, -0.2) is 23.0 Å². The van der Waals surface area contributed by atoms with E-state index in [4.69, 9.17) is 4.42 Å². The number of benzene rings is 1. The van der Waals surface area contributed by atoms with Gasteiger partial charge in [0.1, 0.15) is 6.26 Å². The zero-order chi connectivity index (χ0) is 16.5. The van der Waals surface area contributed by atoms with E-state index in [1.165, 1.54) is 12.8 Å². The highest BCUT2D eigenvalue weighted by Gasteiger charge is 2.34. The molecule has 2 unspecified atom stereocenters. The molecule has 2 aliphatic rings. The number of carbonyl (C=O) groups is 1.